The van der Waals surface area contributed by atoms with Gasteiger partial charge in [0.1, 0.15) is 5.69 Å². The van der Waals surface area contributed by atoms with Crippen molar-refractivity contribution in [2.24, 2.45) is 0 Å². The van der Waals surface area contributed by atoms with Gasteiger partial charge < -0.3 is 10.1 Å². The topological polar surface area (TPSA) is 59.4 Å². The Hall–Kier alpha value is -2.45. The monoisotopic (exact) mass is 444 g/mol. The van der Waals surface area contributed by atoms with E-state index < -0.39 is 0 Å². The summed E-state index contributed by atoms with van der Waals surface area (Å²) in [7, 11) is 0. The molecule has 1 saturated heterocycles. The number of benzene rings is 1. The van der Waals surface area contributed by atoms with E-state index in [0.717, 1.165) is 54.7 Å². The Kier molecular flexibility index (Phi) is 8.21. The first-order chi connectivity index (χ1) is 14.3. The Morgan fingerprint density at radius 2 is 1.97 bits per heavy atom. The number of aromatic nitrogens is 2. The van der Waals surface area contributed by atoms with Gasteiger partial charge in [0.2, 0.25) is 5.91 Å². The number of halogens is 1. The van der Waals surface area contributed by atoms with E-state index in [1.165, 1.54) is 0 Å². The number of thiophene rings is 1. The van der Waals surface area contributed by atoms with E-state index in [1.807, 2.05) is 64.8 Å². The molecular weight excluding hydrogens is 420 g/mol. The Labute approximate surface area is 186 Å². The van der Waals surface area contributed by atoms with Gasteiger partial charge in [0.15, 0.2) is 0 Å². The normalized spacial score (nSPS) is 14.5. The van der Waals surface area contributed by atoms with Crippen molar-refractivity contribution in [1.29, 1.82) is 0 Å². The molecule has 3 heterocycles. The van der Waals surface area contributed by atoms with Crippen molar-refractivity contribution in [3.05, 3.63) is 65.7 Å². The molecule has 1 aromatic carbocycles. The summed E-state index contributed by atoms with van der Waals surface area (Å²) in [5.74, 6) is -0.0946. The lowest BCUT2D eigenvalue weighted by Crippen LogP contribution is -2.41. The summed E-state index contributed by atoms with van der Waals surface area (Å²) in [5.41, 5.74) is 2.78. The first-order valence-electron chi connectivity index (χ1n) is 9.74. The van der Waals surface area contributed by atoms with Crippen LogP contribution in [0.5, 0.6) is 0 Å². The van der Waals surface area contributed by atoms with Crippen molar-refractivity contribution >= 4 is 35.7 Å². The third-order valence-electron chi connectivity index (χ3n) is 4.76. The van der Waals surface area contributed by atoms with E-state index in [2.05, 4.69) is 10.2 Å². The predicted octanol–water partition coefficient (Wildman–Crippen LogP) is 3.48. The summed E-state index contributed by atoms with van der Waals surface area (Å²) in [6.45, 7) is 4.86. The van der Waals surface area contributed by atoms with Crippen LogP contribution in [0, 0.1) is 0 Å². The molecule has 0 unspecified atom stereocenters. The van der Waals surface area contributed by atoms with Gasteiger partial charge >= 0.3 is 0 Å². The molecule has 0 atom stereocenters. The highest BCUT2D eigenvalue weighted by atomic mass is 35.5. The molecule has 1 fully saturated rings. The smallest absolute Gasteiger partial charge is 0.244 e. The van der Waals surface area contributed by atoms with E-state index in [4.69, 9.17) is 9.84 Å². The van der Waals surface area contributed by atoms with Crippen LogP contribution in [0.25, 0.3) is 22.3 Å². The molecule has 1 aliphatic heterocycles. The van der Waals surface area contributed by atoms with Gasteiger partial charge in [-0.1, -0.05) is 24.3 Å². The summed E-state index contributed by atoms with van der Waals surface area (Å²) in [6.07, 6.45) is 5.39. The van der Waals surface area contributed by atoms with Crippen LogP contribution < -0.4 is 5.32 Å². The fraction of sp³-hybridized carbons (Fsp3) is 0.273. The maximum Gasteiger partial charge on any atom is 0.244 e. The number of carbonyl (C=O) groups is 1. The molecule has 1 amide bonds. The van der Waals surface area contributed by atoms with E-state index >= 15 is 0 Å². The van der Waals surface area contributed by atoms with Crippen LogP contribution in [-0.4, -0.2) is 60.0 Å². The van der Waals surface area contributed by atoms with E-state index in [0.29, 0.717) is 6.54 Å². The molecular formula is C22H25ClN4O2S. The molecule has 0 spiro atoms. The molecule has 158 valence electrons. The Morgan fingerprint density at radius 3 is 2.70 bits per heavy atom. The molecule has 0 aliphatic carbocycles. The van der Waals surface area contributed by atoms with Crippen LogP contribution in [0.2, 0.25) is 0 Å². The van der Waals surface area contributed by atoms with Crippen LogP contribution in [0.15, 0.2) is 60.1 Å². The standard InChI is InChI=1S/C22H24N4O2S.ClH/c27-21(23-10-11-25-12-14-28-15-13-25)9-8-18-17-26(19-5-2-1-3-6-19)24-22(18)20-7-4-16-29-20;/h1-9,16-17H,10-15H2,(H,23,27);1H. The first kappa shape index (κ1) is 22.2. The minimum Gasteiger partial charge on any atom is -0.379 e. The summed E-state index contributed by atoms with van der Waals surface area (Å²) >= 11 is 1.64. The SMILES string of the molecule is Cl.O=C(C=Cc1cn(-c2ccccc2)nc1-c1cccs1)NCCN1CCOCC1. The van der Waals surface area contributed by atoms with Crippen LogP contribution in [0.1, 0.15) is 5.56 Å². The molecule has 3 aromatic rings. The fourth-order valence-electron chi connectivity index (χ4n) is 3.21. The van der Waals surface area contributed by atoms with Gasteiger partial charge in [-0.2, -0.15) is 5.10 Å². The van der Waals surface area contributed by atoms with Gasteiger partial charge in [0, 0.05) is 44.0 Å². The van der Waals surface area contributed by atoms with Crippen LogP contribution in [0.4, 0.5) is 0 Å². The molecule has 0 saturated carbocycles. The lowest BCUT2D eigenvalue weighted by atomic mass is 10.2. The van der Waals surface area contributed by atoms with Gasteiger partial charge in [0.05, 0.1) is 23.8 Å². The second kappa shape index (κ2) is 11.1. The molecule has 0 radical (unpaired) electrons. The number of rotatable bonds is 7. The number of para-hydroxylation sites is 1. The Balaban J connectivity index is 0.00000256. The molecule has 1 N–H and O–H groups in total. The zero-order valence-electron chi connectivity index (χ0n) is 16.6. The maximum atomic E-state index is 12.3. The van der Waals surface area contributed by atoms with Crippen molar-refractivity contribution < 1.29 is 9.53 Å². The second-order valence-electron chi connectivity index (χ2n) is 6.77. The quantitative estimate of drug-likeness (QED) is 0.567. The molecule has 1 aliphatic rings. The molecule has 4 rings (SSSR count). The molecule has 0 bridgehead atoms. The largest absolute Gasteiger partial charge is 0.379 e. The Bertz CT molecular complexity index is 951. The van der Waals surface area contributed by atoms with Gasteiger partial charge in [-0.15, -0.1) is 23.7 Å². The minimum atomic E-state index is -0.0946. The highest BCUT2D eigenvalue weighted by Crippen LogP contribution is 2.28. The first-order valence-corrected chi connectivity index (χ1v) is 10.6. The molecule has 2 aromatic heterocycles. The number of carbonyl (C=O) groups excluding carboxylic acids is 1. The van der Waals surface area contributed by atoms with Crippen molar-refractivity contribution in [2.45, 2.75) is 0 Å². The number of nitrogens with one attached hydrogen (secondary N) is 1. The van der Waals surface area contributed by atoms with Crippen molar-refractivity contribution in [1.82, 2.24) is 20.0 Å². The summed E-state index contributed by atoms with van der Waals surface area (Å²) < 4.78 is 7.20. The third-order valence-corrected chi connectivity index (χ3v) is 5.64. The van der Waals surface area contributed by atoms with E-state index in [-0.39, 0.29) is 18.3 Å². The fourth-order valence-corrected chi connectivity index (χ4v) is 3.94. The summed E-state index contributed by atoms with van der Waals surface area (Å²) in [6, 6.07) is 14.0. The highest BCUT2D eigenvalue weighted by molar-refractivity contribution is 7.13. The molecule has 6 nitrogen and oxygen atoms in total. The third kappa shape index (κ3) is 5.79. The Morgan fingerprint density at radius 1 is 1.17 bits per heavy atom. The zero-order chi connectivity index (χ0) is 19.9. The molecule has 30 heavy (non-hydrogen) atoms. The predicted molar refractivity (Wildman–Crippen MR) is 123 cm³/mol. The van der Waals surface area contributed by atoms with Gasteiger partial charge in [-0.25, -0.2) is 4.68 Å². The average Bonchev–Trinajstić information content (AvgIpc) is 3.43. The summed E-state index contributed by atoms with van der Waals surface area (Å²) in [4.78, 5) is 15.6. The average molecular weight is 445 g/mol. The number of amides is 1. The van der Waals surface area contributed by atoms with Crippen molar-refractivity contribution in [3.63, 3.8) is 0 Å². The van der Waals surface area contributed by atoms with Crippen LogP contribution in [-0.2, 0) is 9.53 Å². The van der Waals surface area contributed by atoms with Crippen molar-refractivity contribution in [2.75, 3.05) is 39.4 Å². The number of ether oxygens (including phenoxy) is 1. The summed E-state index contributed by atoms with van der Waals surface area (Å²) in [5, 5.41) is 9.74. The number of nitrogens with zero attached hydrogens (tertiary/aromatic N) is 3. The van der Waals surface area contributed by atoms with Gasteiger partial charge in [0.25, 0.3) is 0 Å². The maximum absolute atomic E-state index is 12.3. The number of hydrogen-bond acceptors (Lipinski definition) is 5. The zero-order valence-corrected chi connectivity index (χ0v) is 18.2. The lowest BCUT2D eigenvalue weighted by Gasteiger charge is -2.26. The van der Waals surface area contributed by atoms with Gasteiger partial charge in [-0.05, 0) is 29.7 Å². The lowest BCUT2D eigenvalue weighted by molar-refractivity contribution is -0.116. The number of hydrogen-bond donors (Lipinski definition) is 1. The van der Waals surface area contributed by atoms with E-state index in [1.54, 1.807) is 17.4 Å². The number of morpholine rings is 1. The van der Waals surface area contributed by atoms with Crippen LogP contribution in [0.3, 0.4) is 0 Å². The molecule has 8 heteroatoms. The highest BCUT2D eigenvalue weighted by Gasteiger charge is 2.12. The second-order valence-corrected chi connectivity index (χ2v) is 7.72. The van der Waals surface area contributed by atoms with Crippen LogP contribution >= 0.6 is 23.7 Å². The van der Waals surface area contributed by atoms with Crippen molar-refractivity contribution in [3.8, 4) is 16.3 Å². The minimum absolute atomic E-state index is 0. The van der Waals surface area contributed by atoms with E-state index in [9.17, 15) is 4.79 Å². The van der Waals surface area contributed by atoms with Gasteiger partial charge in [-0.3, -0.25) is 9.69 Å².